The summed E-state index contributed by atoms with van der Waals surface area (Å²) in [5, 5.41) is 123. The summed E-state index contributed by atoms with van der Waals surface area (Å²) in [7, 11) is 0. The van der Waals surface area contributed by atoms with Crippen LogP contribution in [-0.4, -0.2) is 78.1 Å². The standard InChI is InChI=1S/3C20H16N2O4.2Ti/c3*23-17-5-1-3-13(19(17)25)11-21-15-7-9-16(10-8-15)22-12-14-4-2-6-18(24)20(14)26;;/h3*1-12,23-26H;;/p-4. The van der Waals surface area contributed by atoms with Crippen molar-refractivity contribution in [1.82, 2.24) is 0 Å². The molecule has 9 aromatic rings. The molecule has 0 heterocycles. The molecule has 0 aliphatic rings. The van der Waals surface area contributed by atoms with Gasteiger partial charge in [-0.25, -0.2) is 0 Å². The maximum Gasteiger partial charge on any atom is 0.166 e. The summed E-state index contributed by atoms with van der Waals surface area (Å²) >= 11 is 0. The van der Waals surface area contributed by atoms with Gasteiger partial charge < -0.3 is 61.3 Å². The van der Waals surface area contributed by atoms with Gasteiger partial charge in [-0.1, -0.05) is 83.7 Å². The maximum atomic E-state index is 11.7. The Morgan fingerprint density at radius 3 is 0.700 bits per heavy atom. The second-order valence-corrected chi connectivity index (χ2v) is 16.3. The first-order valence-electron chi connectivity index (χ1n) is 23.2. The smallest absolute Gasteiger partial charge is 0.166 e. The molecule has 0 amide bonds. The van der Waals surface area contributed by atoms with Gasteiger partial charge in [0.15, 0.2) is 23.0 Å². The third-order valence-corrected chi connectivity index (χ3v) is 10.9. The Hall–Kier alpha value is -9.97. The third kappa shape index (κ3) is 17.0. The van der Waals surface area contributed by atoms with Crippen molar-refractivity contribution in [2.75, 3.05) is 0 Å². The fraction of sp³-hybridized carbons (Fsp3) is 0. The van der Waals surface area contributed by atoms with E-state index in [2.05, 4.69) is 30.0 Å². The summed E-state index contributed by atoms with van der Waals surface area (Å²) in [6.07, 6.45) is 8.50. The molecule has 0 radical (unpaired) electrons. The number of para-hydroxylation sites is 6. The molecule has 398 valence electrons. The zero-order valence-electron chi connectivity index (χ0n) is 41.7. The van der Waals surface area contributed by atoms with Gasteiger partial charge in [0.05, 0.1) is 34.1 Å². The Morgan fingerprint density at radius 1 is 0.237 bits per heavy atom. The van der Waals surface area contributed by atoms with E-state index in [-0.39, 0.29) is 89.4 Å². The van der Waals surface area contributed by atoms with Crippen molar-refractivity contribution in [1.29, 1.82) is 0 Å². The van der Waals surface area contributed by atoms with Crippen LogP contribution in [0.1, 0.15) is 33.4 Å². The van der Waals surface area contributed by atoms with Crippen LogP contribution in [0, 0.1) is 0 Å². The predicted molar refractivity (Wildman–Crippen MR) is 293 cm³/mol. The monoisotopic (exact) mass is 1140 g/mol. The molecule has 0 aromatic heterocycles. The average molecular weight is 1140 g/mol. The molecule has 0 saturated carbocycles. The van der Waals surface area contributed by atoms with Gasteiger partial charge >= 0.3 is 0 Å². The summed E-state index contributed by atoms with van der Waals surface area (Å²) in [5.41, 5.74) is 5.81. The molecule has 20 heteroatoms. The molecule has 0 aliphatic heterocycles. The van der Waals surface area contributed by atoms with Gasteiger partial charge in [-0.15, -0.1) is 0 Å². The number of hydrogen-bond acceptors (Lipinski definition) is 18. The minimum absolute atomic E-state index is 0. The molecule has 0 bridgehead atoms. The van der Waals surface area contributed by atoms with Crippen molar-refractivity contribution in [3.05, 3.63) is 215 Å². The largest absolute Gasteiger partial charge is 0.870 e. The molecule has 9 aromatic carbocycles. The van der Waals surface area contributed by atoms with Crippen molar-refractivity contribution < 1.29 is 105 Å². The fourth-order valence-electron chi connectivity index (χ4n) is 6.62. The van der Waals surface area contributed by atoms with Gasteiger partial charge in [0.1, 0.15) is 23.0 Å². The van der Waals surface area contributed by atoms with Crippen molar-refractivity contribution in [3.63, 3.8) is 0 Å². The first-order valence-corrected chi connectivity index (χ1v) is 23.2. The second-order valence-electron chi connectivity index (χ2n) is 16.3. The van der Waals surface area contributed by atoms with Crippen LogP contribution in [0.25, 0.3) is 0 Å². The van der Waals surface area contributed by atoms with Crippen LogP contribution in [-0.2, 0) is 43.4 Å². The van der Waals surface area contributed by atoms with Crippen LogP contribution in [0.15, 0.2) is 212 Å². The van der Waals surface area contributed by atoms with Gasteiger partial charge in [-0.3, -0.25) is 30.0 Å². The molecule has 0 atom stereocenters. The zero-order valence-corrected chi connectivity index (χ0v) is 44.8. The Bertz CT molecular complexity index is 3100. The summed E-state index contributed by atoms with van der Waals surface area (Å²) in [6.45, 7) is 0. The topological polar surface area (TPSA) is 328 Å². The normalized spacial score (nSPS) is 11.1. The molecule has 80 heavy (non-hydrogen) atoms. The van der Waals surface area contributed by atoms with Crippen molar-refractivity contribution in [3.8, 4) is 69.0 Å². The van der Waals surface area contributed by atoms with Crippen LogP contribution in [0.3, 0.4) is 0 Å². The van der Waals surface area contributed by atoms with E-state index in [1.165, 1.54) is 73.7 Å². The maximum absolute atomic E-state index is 11.7. The van der Waals surface area contributed by atoms with E-state index < -0.39 is 23.0 Å². The number of rotatable bonds is 12. The molecular formula is C60H44N6O12Ti2-4. The Kier molecular flexibility index (Phi) is 22.5. The molecule has 0 unspecified atom stereocenters. The van der Waals surface area contributed by atoms with E-state index in [1.807, 2.05) is 0 Å². The first-order chi connectivity index (χ1) is 37.6. The molecule has 0 fully saturated rings. The van der Waals surface area contributed by atoms with E-state index in [9.17, 15) is 61.3 Å². The van der Waals surface area contributed by atoms with Gasteiger partial charge in [0.25, 0.3) is 0 Å². The van der Waals surface area contributed by atoms with E-state index in [1.54, 1.807) is 146 Å². The van der Waals surface area contributed by atoms with Gasteiger partial charge in [-0.2, -0.15) is 0 Å². The average Bonchev–Trinajstić information content (AvgIpc) is 3.45. The van der Waals surface area contributed by atoms with Gasteiger partial charge in [0, 0.05) is 103 Å². The summed E-state index contributed by atoms with van der Waals surface area (Å²) in [5.74, 6) is -4.00. The van der Waals surface area contributed by atoms with Crippen LogP contribution in [0.2, 0.25) is 0 Å². The Morgan fingerprint density at radius 2 is 0.438 bits per heavy atom. The van der Waals surface area contributed by atoms with Crippen LogP contribution in [0.5, 0.6) is 69.0 Å². The van der Waals surface area contributed by atoms with Crippen molar-refractivity contribution in [2.24, 2.45) is 30.0 Å². The minimum Gasteiger partial charge on any atom is -0.870 e. The van der Waals surface area contributed by atoms with Gasteiger partial charge in [-0.05, 0) is 132 Å². The van der Waals surface area contributed by atoms with Crippen LogP contribution in [0.4, 0.5) is 34.1 Å². The number of phenols is 8. The van der Waals surface area contributed by atoms with E-state index in [0.717, 1.165) is 0 Å². The van der Waals surface area contributed by atoms with E-state index in [4.69, 9.17) is 0 Å². The van der Waals surface area contributed by atoms with Crippen molar-refractivity contribution in [2.45, 2.75) is 0 Å². The zero-order chi connectivity index (χ0) is 55.6. The van der Waals surface area contributed by atoms with E-state index >= 15 is 0 Å². The fourth-order valence-corrected chi connectivity index (χ4v) is 6.62. The van der Waals surface area contributed by atoms with Crippen molar-refractivity contribution >= 4 is 71.4 Å². The summed E-state index contributed by atoms with van der Waals surface area (Å²) in [4.78, 5) is 25.3. The Labute approximate surface area is 487 Å². The number of phenolic OH excluding ortho intramolecular Hbond substituents is 8. The Balaban J connectivity index is 0.000000218. The van der Waals surface area contributed by atoms with Crippen LogP contribution >= 0.6 is 0 Å². The molecule has 18 nitrogen and oxygen atoms in total. The number of aromatic hydroxyl groups is 8. The second kappa shape index (κ2) is 29.5. The van der Waals surface area contributed by atoms with Crippen LogP contribution < -0.4 is 20.4 Å². The summed E-state index contributed by atoms with van der Waals surface area (Å²) in [6, 6.07) is 47.7. The molecular weight excluding hydrogens is 1090 g/mol. The molecule has 8 N–H and O–H groups in total. The summed E-state index contributed by atoms with van der Waals surface area (Å²) < 4.78 is 0. The third-order valence-electron chi connectivity index (χ3n) is 10.9. The number of aliphatic imine (C=N–C) groups is 6. The SMILES string of the molecule is [O-]c1c(O)cccc1C=Nc1ccc(N=Cc2cccc(O)c2O)cc1.[O-]c1cccc(C=Nc2ccc(N=Cc3cccc(O)c3O)cc2)c1O.[O-]c1cccc(C=Nc2ccc(N=Cc3cccc(O)c3[O-])cc2)c1O.[Ti].[Ti]. The van der Waals surface area contributed by atoms with E-state index in [0.29, 0.717) is 67.5 Å². The number of hydrogen-bond donors (Lipinski definition) is 8. The molecule has 0 aliphatic carbocycles. The first kappa shape index (κ1) is 60.9. The number of nitrogens with zero attached hydrogens (tertiary/aromatic N) is 6. The quantitative estimate of drug-likeness (QED) is 0.0322. The molecule has 0 spiro atoms. The molecule has 0 saturated heterocycles. The minimum atomic E-state index is -0.474. The molecule has 9 rings (SSSR count). The van der Waals surface area contributed by atoms with Gasteiger partial charge in [0.2, 0.25) is 0 Å². The predicted octanol–water partition coefficient (Wildman–Crippen LogP) is 9.50. The number of benzene rings is 9.